The molecule has 0 aliphatic carbocycles. The minimum atomic E-state index is -0.0778. The van der Waals surface area contributed by atoms with E-state index in [4.69, 9.17) is 0 Å². The van der Waals surface area contributed by atoms with Crippen LogP contribution in [-0.4, -0.2) is 15.3 Å². The van der Waals surface area contributed by atoms with Crippen LogP contribution in [0, 0.1) is 13.8 Å². The SMILES string of the molecule is Cc1ccccc1C(CC(=O)NC(C)c1ccccc1)c1cnc2c(C)cccn12. The van der Waals surface area contributed by atoms with Crippen molar-refractivity contribution in [1.29, 1.82) is 0 Å². The molecule has 0 aliphatic heterocycles. The van der Waals surface area contributed by atoms with Gasteiger partial charge in [0.1, 0.15) is 5.65 Å². The Labute approximate surface area is 177 Å². The molecule has 4 aromatic rings. The van der Waals surface area contributed by atoms with E-state index in [-0.39, 0.29) is 17.9 Å². The number of amides is 1. The lowest BCUT2D eigenvalue weighted by Gasteiger charge is -2.21. The average Bonchev–Trinajstić information content (AvgIpc) is 3.18. The van der Waals surface area contributed by atoms with E-state index in [1.165, 1.54) is 5.56 Å². The maximum Gasteiger partial charge on any atom is 0.221 e. The van der Waals surface area contributed by atoms with Crippen LogP contribution in [0.15, 0.2) is 79.1 Å². The van der Waals surface area contributed by atoms with E-state index < -0.39 is 0 Å². The van der Waals surface area contributed by atoms with Crippen molar-refractivity contribution in [2.45, 2.75) is 39.2 Å². The monoisotopic (exact) mass is 397 g/mol. The summed E-state index contributed by atoms with van der Waals surface area (Å²) in [5, 5.41) is 3.17. The molecule has 2 heterocycles. The molecule has 152 valence electrons. The topological polar surface area (TPSA) is 46.4 Å². The fraction of sp³-hybridized carbons (Fsp3) is 0.231. The Morgan fingerprint density at radius 2 is 1.67 bits per heavy atom. The van der Waals surface area contributed by atoms with Crippen LogP contribution < -0.4 is 5.32 Å². The van der Waals surface area contributed by atoms with Gasteiger partial charge in [-0.1, -0.05) is 60.7 Å². The number of carbonyl (C=O) groups excluding carboxylic acids is 1. The van der Waals surface area contributed by atoms with Crippen molar-refractivity contribution in [3.05, 3.63) is 107 Å². The van der Waals surface area contributed by atoms with Crippen LogP contribution in [0.25, 0.3) is 5.65 Å². The smallest absolute Gasteiger partial charge is 0.221 e. The molecule has 30 heavy (non-hydrogen) atoms. The Morgan fingerprint density at radius 1 is 0.967 bits per heavy atom. The fourth-order valence-corrected chi connectivity index (χ4v) is 4.09. The Bertz CT molecular complexity index is 1160. The lowest BCUT2D eigenvalue weighted by molar-refractivity contribution is -0.122. The summed E-state index contributed by atoms with van der Waals surface area (Å²) in [6.07, 6.45) is 4.30. The molecule has 2 unspecified atom stereocenters. The van der Waals surface area contributed by atoms with Crippen LogP contribution in [0.1, 0.15) is 53.3 Å². The van der Waals surface area contributed by atoms with Crippen LogP contribution in [0.3, 0.4) is 0 Å². The molecule has 4 heteroatoms. The summed E-state index contributed by atoms with van der Waals surface area (Å²) in [7, 11) is 0. The standard InChI is InChI=1S/C26H27N3O/c1-18-10-7-8-14-22(18)23(24-17-27-26-19(2)11-9-15-29(24)26)16-25(30)28-20(3)21-12-5-4-6-13-21/h4-15,17,20,23H,16H2,1-3H3,(H,28,30). The Morgan fingerprint density at radius 3 is 2.43 bits per heavy atom. The number of fused-ring (bicyclic) bond motifs is 1. The highest BCUT2D eigenvalue weighted by atomic mass is 16.1. The zero-order valence-electron chi connectivity index (χ0n) is 17.7. The number of imidazole rings is 1. The van der Waals surface area contributed by atoms with Gasteiger partial charge in [-0.3, -0.25) is 4.79 Å². The maximum absolute atomic E-state index is 13.1. The first-order valence-corrected chi connectivity index (χ1v) is 10.4. The third-order valence-electron chi connectivity index (χ3n) is 5.75. The predicted molar refractivity (Wildman–Crippen MR) is 121 cm³/mol. The van der Waals surface area contributed by atoms with Crippen molar-refractivity contribution in [3.8, 4) is 0 Å². The number of hydrogen-bond acceptors (Lipinski definition) is 2. The second-order valence-electron chi connectivity index (χ2n) is 7.88. The number of aromatic nitrogens is 2. The Balaban J connectivity index is 1.67. The van der Waals surface area contributed by atoms with Crippen LogP contribution in [0.5, 0.6) is 0 Å². The molecule has 0 fully saturated rings. The van der Waals surface area contributed by atoms with Gasteiger partial charge in [0.15, 0.2) is 0 Å². The van der Waals surface area contributed by atoms with Gasteiger partial charge in [-0.05, 0) is 49.1 Å². The van der Waals surface area contributed by atoms with Gasteiger partial charge in [-0.25, -0.2) is 4.98 Å². The summed E-state index contributed by atoms with van der Waals surface area (Å²) in [6.45, 7) is 6.18. The van der Waals surface area contributed by atoms with E-state index in [0.29, 0.717) is 6.42 Å². The third-order valence-corrected chi connectivity index (χ3v) is 5.75. The zero-order valence-corrected chi connectivity index (χ0v) is 17.7. The summed E-state index contributed by atoms with van der Waals surface area (Å²) in [5.74, 6) is -0.0480. The number of benzene rings is 2. The summed E-state index contributed by atoms with van der Waals surface area (Å²) >= 11 is 0. The second-order valence-corrected chi connectivity index (χ2v) is 7.88. The number of carbonyl (C=O) groups is 1. The molecule has 4 nitrogen and oxygen atoms in total. The highest BCUT2D eigenvalue weighted by Gasteiger charge is 2.24. The van der Waals surface area contributed by atoms with Crippen molar-refractivity contribution in [3.63, 3.8) is 0 Å². The van der Waals surface area contributed by atoms with Crippen molar-refractivity contribution >= 4 is 11.6 Å². The number of aryl methyl sites for hydroxylation is 2. The van der Waals surface area contributed by atoms with E-state index in [0.717, 1.165) is 28.0 Å². The van der Waals surface area contributed by atoms with Crippen molar-refractivity contribution in [1.82, 2.24) is 14.7 Å². The average molecular weight is 398 g/mol. The Hall–Kier alpha value is -3.40. The zero-order chi connectivity index (χ0) is 21.1. The number of hydrogen-bond donors (Lipinski definition) is 1. The number of nitrogens with one attached hydrogen (secondary N) is 1. The van der Waals surface area contributed by atoms with Crippen LogP contribution in [0.2, 0.25) is 0 Å². The number of rotatable bonds is 6. The van der Waals surface area contributed by atoms with Crippen LogP contribution in [0.4, 0.5) is 0 Å². The molecule has 0 saturated carbocycles. The van der Waals surface area contributed by atoms with E-state index >= 15 is 0 Å². The first-order valence-electron chi connectivity index (χ1n) is 10.4. The Kier molecular flexibility index (Phi) is 5.66. The van der Waals surface area contributed by atoms with Gasteiger partial charge in [0, 0.05) is 24.7 Å². The van der Waals surface area contributed by atoms with Gasteiger partial charge < -0.3 is 9.72 Å². The molecule has 2 aromatic heterocycles. The highest BCUT2D eigenvalue weighted by molar-refractivity contribution is 5.78. The summed E-state index contributed by atoms with van der Waals surface area (Å²) < 4.78 is 2.11. The number of pyridine rings is 1. The minimum absolute atomic E-state index is 0.0298. The summed E-state index contributed by atoms with van der Waals surface area (Å²) in [5.41, 5.74) is 6.52. The molecule has 0 aliphatic rings. The van der Waals surface area contributed by atoms with Gasteiger partial charge in [-0.2, -0.15) is 0 Å². The highest BCUT2D eigenvalue weighted by Crippen LogP contribution is 2.31. The normalized spacial score (nSPS) is 13.2. The second kappa shape index (κ2) is 8.54. The maximum atomic E-state index is 13.1. The van der Waals surface area contributed by atoms with Crippen LogP contribution >= 0.6 is 0 Å². The molecular formula is C26H27N3O. The molecule has 0 spiro atoms. The summed E-state index contributed by atoms with van der Waals surface area (Å²) in [6, 6.07) is 22.4. The largest absolute Gasteiger partial charge is 0.350 e. The molecule has 1 N–H and O–H groups in total. The lowest BCUT2D eigenvalue weighted by atomic mass is 9.89. The molecule has 0 saturated heterocycles. The molecular weight excluding hydrogens is 370 g/mol. The van der Waals surface area contributed by atoms with Crippen LogP contribution in [-0.2, 0) is 4.79 Å². The molecule has 0 radical (unpaired) electrons. The van der Waals surface area contributed by atoms with Gasteiger partial charge >= 0.3 is 0 Å². The molecule has 0 bridgehead atoms. The summed E-state index contributed by atoms with van der Waals surface area (Å²) in [4.78, 5) is 17.7. The van der Waals surface area contributed by atoms with Gasteiger partial charge in [0.05, 0.1) is 11.7 Å². The fourth-order valence-electron chi connectivity index (χ4n) is 4.09. The molecule has 1 amide bonds. The molecule has 4 rings (SSSR count). The first kappa shape index (κ1) is 19.9. The van der Waals surface area contributed by atoms with Gasteiger partial charge in [0.2, 0.25) is 5.91 Å². The van der Waals surface area contributed by atoms with E-state index in [2.05, 4.69) is 46.7 Å². The van der Waals surface area contributed by atoms with Gasteiger partial charge in [-0.15, -0.1) is 0 Å². The van der Waals surface area contributed by atoms with E-state index in [1.807, 2.05) is 67.8 Å². The van der Waals surface area contributed by atoms with E-state index in [1.54, 1.807) is 0 Å². The molecule has 2 atom stereocenters. The van der Waals surface area contributed by atoms with Gasteiger partial charge in [0.25, 0.3) is 0 Å². The van der Waals surface area contributed by atoms with Crippen molar-refractivity contribution in [2.75, 3.05) is 0 Å². The lowest BCUT2D eigenvalue weighted by Crippen LogP contribution is -2.28. The van der Waals surface area contributed by atoms with E-state index in [9.17, 15) is 4.79 Å². The quantitative estimate of drug-likeness (QED) is 0.477. The first-order chi connectivity index (χ1) is 14.5. The minimum Gasteiger partial charge on any atom is -0.350 e. The third kappa shape index (κ3) is 3.99. The number of nitrogens with zero attached hydrogens (tertiary/aromatic N) is 2. The van der Waals surface area contributed by atoms with Crippen molar-refractivity contribution in [2.24, 2.45) is 0 Å². The predicted octanol–water partition coefficient (Wildman–Crippen LogP) is 5.35. The molecule has 2 aromatic carbocycles. The van der Waals surface area contributed by atoms with Crippen molar-refractivity contribution < 1.29 is 4.79 Å².